The molecule has 27 heavy (non-hydrogen) atoms. The molecule has 3 rings (SSSR count). The van der Waals surface area contributed by atoms with Gasteiger partial charge in [-0.05, 0) is 47.1 Å². The highest BCUT2D eigenvalue weighted by Crippen LogP contribution is 2.32. The van der Waals surface area contributed by atoms with Crippen LogP contribution in [0.5, 0.6) is 5.75 Å². The minimum absolute atomic E-state index is 0.0934. The highest BCUT2D eigenvalue weighted by atomic mass is 19.2. The van der Waals surface area contributed by atoms with E-state index >= 15 is 0 Å². The summed E-state index contributed by atoms with van der Waals surface area (Å²) >= 11 is 0. The van der Waals surface area contributed by atoms with Gasteiger partial charge >= 0.3 is 0 Å². The quantitative estimate of drug-likeness (QED) is 0.306. The van der Waals surface area contributed by atoms with Gasteiger partial charge in [0.2, 0.25) is 5.82 Å². The lowest BCUT2D eigenvalue weighted by atomic mass is 9.98. The molecule has 0 bridgehead atoms. The van der Waals surface area contributed by atoms with Crippen molar-refractivity contribution in [1.82, 2.24) is 0 Å². The lowest BCUT2D eigenvalue weighted by Gasteiger charge is -2.10. The molecule has 0 fully saturated rings. The van der Waals surface area contributed by atoms with Gasteiger partial charge in [0.15, 0.2) is 11.6 Å². The molecular weight excluding hydrogens is 342 g/mol. The van der Waals surface area contributed by atoms with Crippen LogP contribution in [0, 0.1) is 11.6 Å². The van der Waals surface area contributed by atoms with Gasteiger partial charge in [-0.15, -0.1) is 0 Å². The molecule has 0 aliphatic carbocycles. The summed E-state index contributed by atoms with van der Waals surface area (Å²) in [6.45, 7) is 5.84. The largest absolute Gasteiger partial charge is 0.486 e. The second-order valence-corrected chi connectivity index (χ2v) is 6.69. The summed E-state index contributed by atoms with van der Waals surface area (Å²) in [6, 6.07) is 15.2. The van der Waals surface area contributed by atoms with E-state index in [0.29, 0.717) is 5.39 Å². The number of hydrogen-bond acceptors (Lipinski definition) is 1. The van der Waals surface area contributed by atoms with Crippen molar-refractivity contribution in [3.05, 3.63) is 78.4 Å². The molecule has 0 radical (unpaired) electrons. The first-order valence-electron chi connectivity index (χ1n) is 9.38. The average Bonchev–Trinajstić information content (AvgIpc) is 2.70. The number of unbranched alkanes of at least 4 members (excludes halogenated alkanes) is 2. The molecule has 0 aromatic heterocycles. The maximum Gasteiger partial charge on any atom is 0.201 e. The van der Waals surface area contributed by atoms with E-state index in [4.69, 9.17) is 4.74 Å². The summed E-state index contributed by atoms with van der Waals surface area (Å²) in [6.07, 6.45) is 6.19. The molecule has 0 unspecified atom stereocenters. The van der Waals surface area contributed by atoms with E-state index in [-0.39, 0.29) is 17.7 Å². The van der Waals surface area contributed by atoms with Gasteiger partial charge in [0.25, 0.3) is 0 Å². The number of ether oxygens (including phenoxy) is 1. The summed E-state index contributed by atoms with van der Waals surface area (Å²) in [5, 5.41) is 0.857. The van der Waals surface area contributed by atoms with Gasteiger partial charge in [-0.2, -0.15) is 4.39 Å². The van der Waals surface area contributed by atoms with Crippen molar-refractivity contribution in [1.29, 1.82) is 0 Å². The third-order valence-corrected chi connectivity index (χ3v) is 4.70. The van der Waals surface area contributed by atoms with Crippen LogP contribution in [0.2, 0.25) is 0 Å². The molecule has 3 aromatic rings. The first-order chi connectivity index (χ1) is 13.1. The van der Waals surface area contributed by atoms with E-state index in [1.165, 1.54) is 37.0 Å². The van der Waals surface area contributed by atoms with Gasteiger partial charge < -0.3 is 4.74 Å². The van der Waals surface area contributed by atoms with Crippen molar-refractivity contribution in [2.75, 3.05) is 6.61 Å². The molecule has 0 aliphatic rings. The SMILES string of the molecule is C=CCOc1cc2ccc(-c3ccc(CCCCC)cc3)cc2c(F)c1F. The van der Waals surface area contributed by atoms with E-state index in [1.54, 1.807) is 12.1 Å². The van der Waals surface area contributed by atoms with Gasteiger partial charge in [-0.1, -0.05) is 68.8 Å². The Morgan fingerprint density at radius 2 is 1.67 bits per heavy atom. The zero-order valence-electron chi connectivity index (χ0n) is 15.6. The Kier molecular flexibility index (Phi) is 6.23. The number of fused-ring (bicyclic) bond motifs is 1. The van der Waals surface area contributed by atoms with Crippen LogP contribution in [-0.2, 0) is 6.42 Å². The minimum atomic E-state index is -0.965. The molecule has 3 aromatic carbocycles. The minimum Gasteiger partial charge on any atom is -0.486 e. The summed E-state index contributed by atoms with van der Waals surface area (Å²) in [5.41, 5.74) is 3.15. The van der Waals surface area contributed by atoms with Crippen LogP contribution < -0.4 is 4.74 Å². The number of hydrogen-bond donors (Lipinski definition) is 0. The molecule has 3 heteroatoms. The van der Waals surface area contributed by atoms with Crippen LogP contribution in [0.1, 0.15) is 31.7 Å². The fourth-order valence-corrected chi connectivity index (χ4v) is 3.18. The van der Waals surface area contributed by atoms with E-state index in [0.717, 1.165) is 17.5 Å². The van der Waals surface area contributed by atoms with Gasteiger partial charge in [0.05, 0.1) is 0 Å². The van der Waals surface area contributed by atoms with Gasteiger partial charge in [0, 0.05) is 5.39 Å². The molecule has 0 atom stereocenters. The topological polar surface area (TPSA) is 9.23 Å². The molecule has 0 amide bonds. The zero-order valence-corrected chi connectivity index (χ0v) is 15.6. The van der Waals surface area contributed by atoms with Crippen molar-refractivity contribution in [2.45, 2.75) is 32.6 Å². The van der Waals surface area contributed by atoms with Gasteiger partial charge in [0.1, 0.15) is 6.61 Å². The third kappa shape index (κ3) is 4.36. The fourth-order valence-electron chi connectivity index (χ4n) is 3.18. The first-order valence-corrected chi connectivity index (χ1v) is 9.38. The molecule has 0 aliphatic heterocycles. The number of benzene rings is 3. The molecule has 140 valence electrons. The van der Waals surface area contributed by atoms with Crippen LogP contribution in [0.15, 0.2) is 61.2 Å². The molecule has 0 N–H and O–H groups in total. The maximum absolute atomic E-state index is 14.5. The molecule has 0 saturated carbocycles. The Bertz CT molecular complexity index is 929. The molecule has 0 spiro atoms. The number of aryl methyl sites for hydroxylation is 1. The van der Waals surface area contributed by atoms with E-state index in [2.05, 4.69) is 25.6 Å². The van der Waals surface area contributed by atoms with Crippen molar-refractivity contribution >= 4 is 10.8 Å². The fraction of sp³-hybridized carbons (Fsp3) is 0.250. The van der Waals surface area contributed by atoms with Crippen molar-refractivity contribution < 1.29 is 13.5 Å². The third-order valence-electron chi connectivity index (χ3n) is 4.70. The highest BCUT2D eigenvalue weighted by Gasteiger charge is 2.15. The lowest BCUT2D eigenvalue weighted by Crippen LogP contribution is -1.98. The van der Waals surface area contributed by atoms with Crippen LogP contribution >= 0.6 is 0 Å². The monoisotopic (exact) mass is 366 g/mol. The Morgan fingerprint density at radius 3 is 2.37 bits per heavy atom. The Morgan fingerprint density at radius 1 is 0.926 bits per heavy atom. The predicted molar refractivity (Wildman–Crippen MR) is 108 cm³/mol. The van der Waals surface area contributed by atoms with Crippen molar-refractivity contribution in [3.63, 3.8) is 0 Å². The zero-order chi connectivity index (χ0) is 19.2. The Balaban J connectivity index is 1.90. The Labute approximate surface area is 159 Å². The standard InChI is InChI=1S/C24H24F2O/c1-3-5-6-7-17-8-10-18(11-9-17)19-12-13-20-16-22(27-14-4-2)24(26)23(25)21(20)15-19/h4,8-13,15-16H,2-3,5-7,14H2,1H3. The van der Waals surface area contributed by atoms with Crippen LogP contribution in [0.4, 0.5) is 8.78 Å². The van der Waals surface area contributed by atoms with Crippen LogP contribution in [-0.4, -0.2) is 6.61 Å². The first kappa shape index (κ1) is 19.1. The smallest absolute Gasteiger partial charge is 0.201 e. The number of rotatable bonds is 8. The molecule has 1 nitrogen and oxygen atoms in total. The molecule has 0 heterocycles. The van der Waals surface area contributed by atoms with Crippen molar-refractivity contribution in [2.24, 2.45) is 0 Å². The van der Waals surface area contributed by atoms with Gasteiger partial charge in [-0.3, -0.25) is 0 Å². The predicted octanol–water partition coefficient (Wildman–Crippen LogP) is 7.08. The highest BCUT2D eigenvalue weighted by molar-refractivity contribution is 5.89. The Hall–Kier alpha value is -2.68. The summed E-state index contributed by atoms with van der Waals surface area (Å²) in [4.78, 5) is 0. The van der Waals surface area contributed by atoms with Crippen LogP contribution in [0.3, 0.4) is 0 Å². The summed E-state index contributed by atoms with van der Waals surface area (Å²) < 4.78 is 34.0. The number of halogens is 2. The summed E-state index contributed by atoms with van der Waals surface area (Å²) in [7, 11) is 0. The summed E-state index contributed by atoms with van der Waals surface area (Å²) in [5.74, 6) is -1.94. The van der Waals surface area contributed by atoms with E-state index in [9.17, 15) is 8.78 Å². The van der Waals surface area contributed by atoms with E-state index < -0.39 is 11.6 Å². The van der Waals surface area contributed by atoms with Gasteiger partial charge in [-0.25, -0.2) is 4.39 Å². The van der Waals surface area contributed by atoms with Crippen LogP contribution in [0.25, 0.3) is 21.9 Å². The average molecular weight is 366 g/mol. The second-order valence-electron chi connectivity index (χ2n) is 6.69. The van der Waals surface area contributed by atoms with Crippen molar-refractivity contribution in [3.8, 4) is 16.9 Å². The van der Waals surface area contributed by atoms with E-state index in [1.807, 2.05) is 18.2 Å². The normalized spacial score (nSPS) is 10.9. The lowest BCUT2D eigenvalue weighted by molar-refractivity contribution is 0.334. The molecular formula is C24H24F2O. The molecule has 0 saturated heterocycles. The maximum atomic E-state index is 14.5. The second kappa shape index (κ2) is 8.81.